The van der Waals surface area contributed by atoms with E-state index >= 15 is 0 Å². The Morgan fingerprint density at radius 1 is 1.29 bits per heavy atom. The van der Waals surface area contributed by atoms with Gasteiger partial charge < -0.3 is 15.4 Å². The van der Waals surface area contributed by atoms with E-state index in [4.69, 9.17) is 5.73 Å². The van der Waals surface area contributed by atoms with Gasteiger partial charge in [-0.15, -0.1) is 0 Å². The average Bonchev–Trinajstić information content (AvgIpc) is 3.06. The molecule has 1 spiro atoms. The Balaban J connectivity index is 0.000000636. The third kappa shape index (κ3) is 2.29. The topological polar surface area (TPSA) is 77.0 Å². The van der Waals surface area contributed by atoms with Crippen LogP contribution in [0.15, 0.2) is 18.6 Å². The second kappa shape index (κ2) is 5.30. The predicted molar refractivity (Wildman–Crippen MR) is 83.9 cm³/mol. The maximum Gasteiger partial charge on any atom is 0.145 e. The van der Waals surface area contributed by atoms with Gasteiger partial charge in [0.05, 0.1) is 11.5 Å². The Morgan fingerprint density at radius 3 is 2.76 bits per heavy atom. The van der Waals surface area contributed by atoms with Gasteiger partial charge in [0.15, 0.2) is 0 Å². The second-order valence-corrected chi connectivity index (χ2v) is 6.18. The number of hydrogen-bond donors (Lipinski definition) is 2. The van der Waals surface area contributed by atoms with Crippen LogP contribution < -0.4 is 5.73 Å². The fourth-order valence-electron chi connectivity index (χ4n) is 4.01. The molecule has 4 rings (SSSR count). The van der Waals surface area contributed by atoms with Gasteiger partial charge in [-0.3, -0.25) is 0 Å². The lowest BCUT2D eigenvalue weighted by Crippen LogP contribution is -2.38. The van der Waals surface area contributed by atoms with Gasteiger partial charge in [0, 0.05) is 12.2 Å². The highest BCUT2D eigenvalue weighted by Gasteiger charge is 2.48. The summed E-state index contributed by atoms with van der Waals surface area (Å²) in [6.45, 7) is 4.00. The van der Waals surface area contributed by atoms with Crippen LogP contribution in [0.4, 0.5) is 5.82 Å². The first-order valence-electron chi connectivity index (χ1n) is 7.92. The Bertz CT molecular complexity index is 630. The molecule has 2 aliphatic rings. The van der Waals surface area contributed by atoms with Crippen LogP contribution in [-0.4, -0.2) is 25.7 Å². The number of nitrogens with zero attached hydrogens (tertiary/aromatic N) is 3. The Morgan fingerprint density at radius 2 is 2.05 bits per heavy atom. The lowest BCUT2D eigenvalue weighted by atomic mass is 9.65. The zero-order valence-electron chi connectivity index (χ0n) is 12.8. The predicted octanol–water partition coefficient (Wildman–Crippen LogP) is 2.91. The fraction of sp³-hybridized carbons (Fsp3) is 0.625. The van der Waals surface area contributed by atoms with Gasteiger partial charge in [0.25, 0.3) is 0 Å². The zero-order valence-corrected chi connectivity index (χ0v) is 12.8. The molecule has 0 radical (unpaired) electrons. The van der Waals surface area contributed by atoms with Crippen LogP contribution in [0, 0.1) is 5.41 Å². The van der Waals surface area contributed by atoms with Crippen LogP contribution in [0.25, 0.3) is 11.0 Å². The molecule has 2 fully saturated rings. The average molecular weight is 288 g/mol. The van der Waals surface area contributed by atoms with E-state index in [-0.39, 0.29) is 6.10 Å². The van der Waals surface area contributed by atoms with Crippen molar-refractivity contribution in [2.45, 2.75) is 58.1 Å². The van der Waals surface area contributed by atoms with Crippen LogP contribution in [0.3, 0.4) is 0 Å². The van der Waals surface area contributed by atoms with Crippen LogP contribution in [0.2, 0.25) is 0 Å². The van der Waals surface area contributed by atoms with Crippen molar-refractivity contribution in [3.05, 3.63) is 18.6 Å². The number of nitrogens with two attached hydrogens (primary N) is 1. The molecule has 0 bridgehead atoms. The van der Waals surface area contributed by atoms with Crippen molar-refractivity contribution in [2.24, 2.45) is 5.41 Å². The minimum atomic E-state index is -0.0712. The lowest BCUT2D eigenvalue weighted by molar-refractivity contribution is -0.0294. The van der Waals surface area contributed by atoms with Crippen LogP contribution in [0.1, 0.15) is 52.0 Å². The van der Waals surface area contributed by atoms with Gasteiger partial charge in [0.1, 0.15) is 17.8 Å². The van der Waals surface area contributed by atoms with E-state index in [9.17, 15) is 5.11 Å². The molecule has 0 amide bonds. The lowest BCUT2D eigenvalue weighted by Gasteiger charge is -2.42. The van der Waals surface area contributed by atoms with Crippen molar-refractivity contribution in [1.82, 2.24) is 14.5 Å². The molecule has 114 valence electrons. The highest BCUT2D eigenvalue weighted by atomic mass is 16.3. The molecular formula is C16H24N4O. The molecule has 2 saturated carbocycles. The summed E-state index contributed by atoms with van der Waals surface area (Å²) in [7, 11) is 0. The van der Waals surface area contributed by atoms with Crippen molar-refractivity contribution < 1.29 is 5.11 Å². The highest BCUT2D eigenvalue weighted by Crippen LogP contribution is 2.56. The van der Waals surface area contributed by atoms with Gasteiger partial charge in [-0.1, -0.05) is 13.8 Å². The van der Waals surface area contributed by atoms with Gasteiger partial charge in [-0.2, -0.15) is 0 Å². The minimum absolute atomic E-state index is 0.0712. The van der Waals surface area contributed by atoms with E-state index in [1.54, 1.807) is 0 Å². The molecule has 2 aromatic heterocycles. The fourth-order valence-corrected chi connectivity index (χ4v) is 4.01. The minimum Gasteiger partial charge on any atom is -0.393 e. The number of nitrogen functional groups attached to an aromatic ring is 1. The first-order valence-corrected chi connectivity index (χ1v) is 7.92. The molecule has 0 aliphatic heterocycles. The first-order chi connectivity index (χ1) is 10.2. The van der Waals surface area contributed by atoms with Crippen LogP contribution >= 0.6 is 0 Å². The highest BCUT2D eigenvalue weighted by molar-refractivity contribution is 5.86. The number of aromatic nitrogens is 3. The normalized spacial score (nSPS) is 31.0. The van der Waals surface area contributed by atoms with E-state index in [0.717, 1.165) is 30.3 Å². The third-order valence-electron chi connectivity index (χ3n) is 4.95. The Labute approximate surface area is 125 Å². The molecule has 21 heavy (non-hydrogen) atoms. The molecule has 2 aliphatic carbocycles. The second-order valence-electron chi connectivity index (χ2n) is 6.18. The van der Waals surface area contributed by atoms with Crippen LogP contribution in [-0.2, 0) is 0 Å². The molecule has 0 saturated heterocycles. The van der Waals surface area contributed by atoms with Gasteiger partial charge in [0.2, 0.25) is 0 Å². The molecule has 3 N–H and O–H groups in total. The molecule has 5 nitrogen and oxygen atoms in total. The van der Waals surface area contributed by atoms with Crippen molar-refractivity contribution in [3.8, 4) is 0 Å². The summed E-state index contributed by atoms with van der Waals surface area (Å²) in [6, 6.07) is 2.49. The summed E-state index contributed by atoms with van der Waals surface area (Å²) in [5.41, 5.74) is 7.21. The van der Waals surface area contributed by atoms with Crippen molar-refractivity contribution in [3.63, 3.8) is 0 Å². The molecule has 2 aromatic rings. The van der Waals surface area contributed by atoms with Gasteiger partial charge >= 0.3 is 0 Å². The van der Waals surface area contributed by atoms with Gasteiger partial charge in [-0.05, 0) is 43.6 Å². The van der Waals surface area contributed by atoms with Crippen molar-refractivity contribution in [2.75, 3.05) is 5.73 Å². The largest absolute Gasteiger partial charge is 0.393 e. The first kappa shape index (κ1) is 14.3. The zero-order chi connectivity index (χ0) is 15.0. The van der Waals surface area contributed by atoms with E-state index in [0.29, 0.717) is 17.3 Å². The number of hydrogen-bond acceptors (Lipinski definition) is 4. The number of anilines is 1. The van der Waals surface area contributed by atoms with E-state index in [1.807, 2.05) is 19.9 Å². The van der Waals surface area contributed by atoms with Crippen molar-refractivity contribution in [1.29, 1.82) is 0 Å². The monoisotopic (exact) mass is 288 g/mol. The molecule has 5 heteroatoms. The SMILES string of the molecule is CC.Nc1ncnc2c1ccn2C1CCC2(CC(O)C2)C1. The third-order valence-corrected chi connectivity index (χ3v) is 4.95. The maximum atomic E-state index is 9.55. The Hall–Kier alpha value is -1.62. The Kier molecular flexibility index (Phi) is 3.61. The number of rotatable bonds is 1. The summed E-state index contributed by atoms with van der Waals surface area (Å²) in [5.74, 6) is 0.551. The molecule has 1 atom stereocenters. The summed E-state index contributed by atoms with van der Waals surface area (Å²) in [6.07, 6.45) is 9.02. The quantitative estimate of drug-likeness (QED) is 0.846. The molecular weight excluding hydrogens is 264 g/mol. The van der Waals surface area contributed by atoms with E-state index in [1.165, 1.54) is 19.2 Å². The summed E-state index contributed by atoms with van der Waals surface area (Å²) >= 11 is 0. The molecule has 1 unspecified atom stereocenters. The molecule has 2 heterocycles. The van der Waals surface area contributed by atoms with Crippen LogP contribution in [0.5, 0.6) is 0 Å². The maximum absolute atomic E-state index is 9.55. The smallest absolute Gasteiger partial charge is 0.145 e. The summed E-state index contributed by atoms with van der Waals surface area (Å²) in [5, 5.41) is 10.5. The molecule has 0 aromatic carbocycles. The van der Waals surface area contributed by atoms with E-state index < -0.39 is 0 Å². The number of aliphatic hydroxyl groups is 1. The standard InChI is InChI=1S/C14H18N4O.C2H6/c15-12-11-2-4-18(13(11)17-8-16-12)9-1-3-14(5-9)6-10(19)7-14;1-2/h2,4,8-10,19H,1,3,5-7H2,(H2,15,16,17);1-2H3. The summed E-state index contributed by atoms with van der Waals surface area (Å²) in [4.78, 5) is 8.41. The van der Waals surface area contributed by atoms with E-state index in [2.05, 4.69) is 20.7 Å². The number of aliphatic hydroxyl groups excluding tert-OH is 1. The van der Waals surface area contributed by atoms with Crippen molar-refractivity contribution >= 4 is 16.9 Å². The summed E-state index contributed by atoms with van der Waals surface area (Å²) < 4.78 is 2.24. The van der Waals surface area contributed by atoms with Gasteiger partial charge in [-0.25, -0.2) is 9.97 Å². The number of fused-ring (bicyclic) bond motifs is 1.